The topological polar surface area (TPSA) is 108 Å². The summed E-state index contributed by atoms with van der Waals surface area (Å²) in [7, 11) is 1.25. The Kier molecular flexibility index (Phi) is 62.7. The second kappa shape index (κ2) is 63.9. The first kappa shape index (κ1) is 80.5. The third kappa shape index (κ3) is 66.0. The predicted octanol–water partition coefficient (Wildman–Crippen LogP) is 22.4. The largest absolute Gasteiger partial charge is 0.756 e. The normalized spacial score (nSPS) is 13.9. The zero-order valence-electron chi connectivity index (χ0n) is 55.5. The molecule has 0 heterocycles. The van der Waals surface area contributed by atoms with E-state index in [0.717, 1.165) is 44.9 Å². The molecule has 0 fully saturated rings. The van der Waals surface area contributed by atoms with E-state index in [2.05, 4.69) is 55.6 Å². The van der Waals surface area contributed by atoms with Gasteiger partial charge in [-0.1, -0.05) is 332 Å². The molecule has 9 heteroatoms. The molecule has 0 aliphatic carbocycles. The Hall–Kier alpha value is -1.54. The number of allylic oxidation sites excluding steroid dienone is 7. The average molecular weight is 1170 g/mol. The summed E-state index contributed by atoms with van der Waals surface area (Å²) in [6, 6.07) is -0.911. The Morgan fingerprint density at radius 1 is 0.415 bits per heavy atom. The van der Waals surface area contributed by atoms with E-state index in [4.69, 9.17) is 9.05 Å². The van der Waals surface area contributed by atoms with Gasteiger partial charge in [-0.05, 0) is 70.6 Å². The molecular formula is C73H141N2O6P. The van der Waals surface area contributed by atoms with E-state index < -0.39 is 26.6 Å². The molecule has 0 spiro atoms. The summed E-state index contributed by atoms with van der Waals surface area (Å²) in [6.45, 7) is 4.67. The summed E-state index contributed by atoms with van der Waals surface area (Å²) in [4.78, 5) is 25.6. The Balaban J connectivity index is 4.09. The van der Waals surface area contributed by atoms with Gasteiger partial charge in [-0.25, -0.2) is 0 Å². The van der Waals surface area contributed by atoms with Gasteiger partial charge in [0, 0.05) is 6.42 Å². The number of nitrogens with zero attached hydrogens (tertiary/aromatic N) is 1. The number of amides is 1. The van der Waals surface area contributed by atoms with Crippen LogP contribution in [0.5, 0.6) is 0 Å². The van der Waals surface area contributed by atoms with Crippen molar-refractivity contribution in [3.05, 3.63) is 48.6 Å². The van der Waals surface area contributed by atoms with E-state index in [-0.39, 0.29) is 12.5 Å². The van der Waals surface area contributed by atoms with Crippen LogP contribution in [0.4, 0.5) is 0 Å². The highest BCUT2D eigenvalue weighted by molar-refractivity contribution is 7.45. The van der Waals surface area contributed by atoms with Crippen LogP contribution in [0.2, 0.25) is 0 Å². The van der Waals surface area contributed by atoms with Crippen LogP contribution in [-0.4, -0.2) is 68.5 Å². The molecule has 3 atom stereocenters. The summed E-state index contributed by atoms with van der Waals surface area (Å²) >= 11 is 0. The number of hydrogen-bond acceptors (Lipinski definition) is 6. The SMILES string of the molecule is CCCCCCCCCC/C=C\CCCCCCCCCCCCCCCCCCCCCC(=O)NC(COP(=O)([O-])OCC[N+](C)(C)C)C(O)/C=C/CC/C=C/CC/C=C/CCCCCCCCCCCCCCCCCCCCC. The molecule has 0 aromatic heterocycles. The van der Waals surface area contributed by atoms with E-state index >= 15 is 0 Å². The van der Waals surface area contributed by atoms with Crippen molar-refractivity contribution in [3.8, 4) is 0 Å². The number of phosphoric ester groups is 1. The smallest absolute Gasteiger partial charge is 0.268 e. The van der Waals surface area contributed by atoms with Crippen molar-refractivity contribution in [2.24, 2.45) is 0 Å². The number of hydrogen-bond donors (Lipinski definition) is 2. The molecule has 0 saturated carbocycles. The molecule has 1 amide bonds. The first-order chi connectivity index (χ1) is 40.0. The molecule has 2 N–H and O–H groups in total. The highest BCUT2D eigenvalue weighted by Crippen LogP contribution is 2.38. The number of nitrogens with one attached hydrogen (secondary N) is 1. The van der Waals surface area contributed by atoms with Crippen LogP contribution in [0.1, 0.15) is 361 Å². The summed E-state index contributed by atoms with van der Waals surface area (Å²) < 4.78 is 23.4. The van der Waals surface area contributed by atoms with Crippen molar-refractivity contribution >= 4 is 13.7 Å². The lowest BCUT2D eigenvalue weighted by Crippen LogP contribution is -2.45. The number of unbranched alkanes of at least 4 members (excludes halogenated alkanes) is 48. The van der Waals surface area contributed by atoms with Crippen molar-refractivity contribution < 1.29 is 32.9 Å². The van der Waals surface area contributed by atoms with Gasteiger partial charge in [-0.3, -0.25) is 9.36 Å². The van der Waals surface area contributed by atoms with Gasteiger partial charge < -0.3 is 28.8 Å². The Labute approximate surface area is 511 Å². The van der Waals surface area contributed by atoms with Crippen LogP contribution < -0.4 is 10.2 Å². The molecular weight excluding hydrogens is 1030 g/mol. The van der Waals surface area contributed by atoms with Gasteiger partial charge >= 0.3 is 0 Å². The summed E-state index contributed by atoms with van der Waals surface area (Å²) in [6.07, 6.45) is 86.8. The number of carbonyl (C=O) groups excluding carboxylic acids is 1. The number of phosphoric acid groups is 1. The van der Waals surface area contributed by atoms with E-state index in [1.807, 2.05) is 27.2 Å². The first-order valence-electron chi connectivity index (χ1n) is 36.0. The summed E-state index contributed by atoms with van der Waals surface area (Å²) in [5, 5.41) is 13.9. The molecule has 8 nitrogen and oxygen atoms in total. The molecule has 0 saturated heterocycles. The standard InChI is InChI=1S/C73H141N2O6P/c1-6-8-10-12-14-16-18-20-22-24-26-28-30-32-34-36-37-39-41-43-45-47-49-51-53-55-57-59-61-63-65-67-73(77)74-71(70-81-82(78,79)80-69-68-75(3,4)5)72(76)66-64-62-60-58-56-54-52-50-48-46-44-42-40-38-35-33-31-29-27-25-23-21-19-17-15-13-11-9-7-2/h24,26,48,50,56,58,64,66,71-72,76H,6-23,25,27-47,49,51-55,57,59-63,65,67-70H2,1-5H3,(H-,74,77,78,79)/b26-24-,50-48+,58-56+,66-64+. The number of carbonyl (C=O) groups is 1. The minimum absolute atomic E-state index is 0.00810. The van der Waals surface area contributed by atoms with Gasteiger partial charge in [-0.2, -0.15) is 0 Å². The fourth-order valence-electron chi connectivity index (χ4n) is 10.9. The van der Waals surface area contributed by atoms with Crippen LogP contribution in [0.3, 0.4) is 0 Å². The number of aliphatic hydroxyl groups is 1. The Morgan fingerprint density at radius 2 is 0.683 bits per heavy atom. The van der Waals surface area contributed by atoms with E-state index in [1.54, 1.807) is 6.08 Å². The lowest BCUT2D eigenvalue weighted by molar-refractivity contribution is -0.870. The van der Waals surface area contributed by atoms with Crippen molar-refractivity contribution in [2.75, 3.05) is 40.9 Å². The number of aliphatic hydroxyl groups excluding tert-OH is 1. The highest BCUT2D eigenvalue weighted by Gasteiger charge is 2.23. The number of quaternary nitrogens is 1. The molecule has 484 valence electrons. The van der Waals surface area contributed by atoms with Gasteiger partial charge in [-0.15, -0.1) is 0 Å². The molecule has 0 bridgehead atoms. The lowest BCUT2D eigenvalue weighted by atomic mass is 10.0. The molecule has 0 aliphatic rings. The van der Waals surface area contributed by atoms with E-state index in [0.29, 0.717) is 17.4 Å². The Morgan fingerprint density at radius 3 is 0.988 bits per heavy atom. The second-order valence-electron chi connectivity index (χ2n) is 25.9. The minimum Gasteiger partial charge on any atom is -0.756 e. The highest BCUT2D eigenvalue weighted by atomic mass is 31.2. The van der Waals surface area contributed by atoms with Crippen LogP contribution in [0.15, 0.2) is 48.6 Å². The lowest BCUT2D eigenvalue weighted by Gasteiger charge is -2.29. The third-order valence-corrected chi connectivity index (χ3v) is 17.5. The maximum Gasteiger partial charge on any atom is 0.268 e. The molecule has 0 radical (unpaired) electrons. The van der Waals surface area contributed by atoms with Gasteiger partial charge in [0.25, 0.3) is 7.82 Å². The van der Waals surface area contributed by atoms with Crippen LogP contribution in [0.25, 0.3) is 0 Å². The van der Waals surface area contributed by atoms with Gasteiger partial charge in [0.1, 0.15) is 13.2 Å². The zero-order chi connectivity index (χ0) is 59.8. The van der Waals surface area contributed by atoms with Crippen molar-refractivity contribution in [3.63, 3.8) is 0 Å². The summed E-state index contributed by atoms with van der Waals surface area (Å²) in [5.74, 6) is -0.205. The molecule has 0 aliphatic heterocycles. The van der Waals surface area contributed by atoms with Crippen LogP contribution in [-0.2, 0) is 18.4 Å². The van der Waals surface area contributed by atoms with Gasteiger partial charge in [0.2, 0.25) is 5.91 Å². The van der Waals surface area contributed by atoms with E-state index in [1.165, 1.54) is 295 Å². The average Bonchev–Trinajstić information content (AvgIpc) is 3.47. The van der Waals surface area contributed by atoms with Crippen molar-refractivity contribution in [2.45, 2.75) is 373 Å². The molecule has 3 unspecified atom stereocenters. The zero-order valence-corrected chi connectivity index (χ0v) is 56.4. The number of likely N-dealkylation sites (N-methyl/N-ethyl adjacent to an activating group) is 1. The van der Waals surface area contributed by atoms with Crippen molar-refractivity contribution in [1.29, 1.82) is 0 Å². The number of rotatable bonds is 67. The fraction of sp³-hybridized carbons (Fsp3) is 0.877. The maximum absolute atomic E-state index is 13.0. The van der Waals surface area contributed by atoms with E-state index in [9.17, 15) is 19.4 Å². The molecule has 0 aromatic rings. The Bertz CT molecular complexity index is 1480. The molecule has 82 heavy (non-hydrogen) atoms. The molecule has 0 aromatic carbocycles. The third-order valence-electron chi connectivity index (χ3n) is 16.5. The van der Waals surface area contributed by atoms with Crippen LogP contribution in [0, 0.1) is 0 Å². The second-order valence-corrected chi connectivity index (χ2v) is 27.3. The van der Waals surface area contributed by atoms with Crippen molar-refractivity contribution in [1.82, 2.24) is 5.32 Å². The monoisotopic (exact) mass is 1170 g/mol. The van der Waals surface area contributed by atoms with Crippen LogP contribution >= 0.6 is 7.82 Å². The predicted molar refractivity (Wildman–Crippen MR) is 358 cm³/mol. The van der Waals surface area contributed by atoms with Gasteiger partial charge in [0.15, 0.2) is 0 Å². The fourth-order valence-corrected chi connectivity index (χ4v) is 11.6. The first-order valence-corrected chi connectivity index (χ1v) is 37.5. The summed E-state index contributed by atoms with van der Waals surface area (Å²) in [5.41, 5.74) is 0. The van der Waals surface area contributed by atoms with Gasteiger partial charge in [0.05, 0.1) is 39.9 Å². The minimum atomic E-state index is -4.62. The maximum atomic E-state index is 13.0. The quantitative estimate of drug-likeness (QED) is 0.0272. The molecule has 0 rings (SSSR count).